The zero-order valence-electron chi connectivity index (χ0n) is 11.5. The Labute approximate surface area is 116 Å². The first-order chi connectivity index (χ1) is 9.49. The second-order valence-electron chi connectivity index (χ2n) is 5.49. The summed E-state index contributed by atoms with van der Waals surface area (Å²) < 4.78 is 0. The van der Waals surface area contributed by atoms with Crippen LogP contribution in [0.25, 0.3) is 0 Å². The topological polar surface area (TPSA) is 66.5 Å². The molecule has 5 nitrogen and oxygen atoms in total. The molecule has 0 aromatic heterocycles. The van der Waals surface area contributed by atoms with Crippen molar-refractivity contribution in [1.82, 2.24) is 5.32 Å². The van der Waals surface area contributed by atoms with E-state index in [0.717, 1.165) is 24.0 Å². The molecular formula is C15H16N2O3. The number of benzene rings is 1. The molecule has 0 saturated heterocycles. The summed E-state index contributed by atoms with van der Waals surface area (Å²) in [6.07, 6.45) is 1.99. The number of hydrogen-bond donors (Lipinski definition) is 1. The first-order valence-corrected chi connectivity index (χ1v) is 6.75. The number of nitrogens with zero attached hydrogens (tertiary/aromatic N) is 1. The van der Waals surface area contributed by atoms with E-state index >= 15 is 0 Å². The summed E-state index contributed by atoms with van der Waals surface area (Å²) in [6, 6.07) is 3.94. The van der Waals surface area contributed by atoms with Gasteiger partial charge in [0, 0.05) is 6.04 Å². The van der Waals surface area contributed by atoms with Gasteiger partial charge < -0.3 is 5.32 Å². The van der Waals surface area contributed by atoms with Crippen LogP contribution in [0.4, 0.5) is 5.69 Å². The summed E-state index contributed by atoms with van der Waals surface area (Å²) in [5, 5.41) is 2.84. The average molecular weight is 272 g/mol. The molecule has 20 heavy (non-hydrogen) atoms. The lowest BCUT2D eigenvalue weighted by Crippen LogP contribution is -2.41. The van der Waals surface area contributed by atoms with Crippen LogP contribution in [0.3, 0.4) is 0 Å². The van der Waals surface area contributed by atoms with Crippen molar-refractivity contribution in [2.45, 2.75) is 32.7 Å². The van der Waals surface area contributed by atoms with Gasteiger partial charge in [0.1, 0.15) is 6.54 Å². The fourth-order valence-electron chi connectivity index (χ4n) is 2.56. The van der Waals surface area contributed by atoms with E-state index in [4.69, 9.17) is 0 Å². The summed E-state index contributed by atoms with van der Waals surface area (Å²) in [5.41, 5.74) is 2.64. The lowest BCUT2D eigenvalue weighted by atomic mass is 10.0. The van der Waals surface area contributed by atoms with Gasteiger partial charge in [0.2, 0.25) is 5.91 Å². The molecule has 1 fully saturated rings. The van der Waals surface area contributed by atoms with Gasteiger partial charge in [-0.05, 0) is 37.8 Å². The standard InChI is InChI=1S/C15H16N2O3/c1-8-3-4-9(2)13-12(8)14(19)15(20)17(13)7-11(18)16-10-5-6-10/h3-4,10H,5-7H2,1-2H3,(H,16,18). The Balaban J connectivity index is 1.93. The summed E-state index contributed by atoms with van der Waals surface area (Å²) in [5.74, 6) is -1.33. The molecule has 104 valence electrons. The predicted molar refractivity (Wildman–Crippen MR) is 73.8 cm³/mol. The van der Waals surface area contributed by atoms with E-state index in [0.29, 0.717) is 11.3 Å². The maximum absolute atomic E-state index is 12.1. The molecule has 1 aliphatic heterocycles. The molecular weight excluding hydrogens is 256 g/mol. The SMILES string of the molecule is Cc1ccc(C)c2c1C(=O)C(=O)N2CC(=O)NC1CC1. The summed E-state index contributed by atoms with van der Waals surface area (Å²) in [6.45, 7) is 3.56. The van der Waals surface area contributed by atoms with Crippen LogP contribution in [0.5, 0.6) is 0 Å². The minimum absolute atomic E-state index is 0.0850. The van der Waals surface area contributed by atoms with Crippen LogP contribution in [0.15, 0.2) is 12.1 Å². The van der Waals surface area contributed by atoms with Gasteiger partial charge in [-0.15, -0.1) is 0 Å². The largest absolute Gasteiger partial charge is 0.352 e. The van der Waals surface area contributed by atoms with Gasteiger partial charge in [0.05, 0.1) is 11.3 Å². The number of carbonyl (C=O) groups excluding carboxylic acids is 3. The van der Waals surface area contributed by atoms with E-state index in [9.17, 15) is 14.4 Å². The van der Waals surface area contributed by atoms with Crippen LogP contribution in [0.2, 0.25) is 0 Å². The average Bonchev–Trinajstić information content (AvgIpc) is 3.17. The first kappa shape index (κ1) is 12.8. The highest BCUT2D eigenvalue weighted by Crippen LogP contribution is 2.34. The number of carbonyl (C=O) groups is 3. The summed E-state index contributed by atoms with van der Waals surface area (Å²) in [7, 11) is 0. The maximum Gasteiger partial charge on any atom is 0.299 e. The van der Waals surface area contributed by atoms with Crippen LogP contribution in [-0.2, 0) is 9.59 Å². The highest BCUT2D eigenvalue weighted by Gasteiger charge is 2.39. The van der Waals surface area contributed by atoms with Crippen LogP contribution < -0.4 is 10.2 Å². The molecule has 0 spiro atoms. The van der Waals surface area contributed by atoms with Gasteiger partial charge >= 0.3 is 0 Å². The highest BCUT2D eigenvalue weighted by molar-refractivity contribution is 6.53. The van der Waals surface area contributed by atoms with Gasteiger partial charge in [-0.25, -0.2) is 0 Å². The number of ketones is 1. The Morgan fingerprint density at radius 2 is 1.90 bits per heavy atom. The molecule has 0 atom stereocenters. The van der Waals surface area contributed by atoms with Gasteiger partial charge in [-0.3, -0.25) is 19.3 Å². The normalized spacial score (nSPS) is 17.4. The van der Waals surface area contributed by atoms with Crippen LogP contribution in [0, 0.1) is 13.8 Å². The molecule has 3 rings (SSSR count). The van der Waals surface area contributed by atoms with Crippen molar-refractivity contribution in [2.75, 3.05) is 11.4 Å². The van der Waals surface area contributed by atoms with Crippen LogP contribution >= 0.6 is 0 Å². The zero-order valence-corrected chi connectivity index (χ0v) is 11.5. The quantitative estimate of drug-likeness (QED) is 0.838. The van der Waals surface area contributed by atoms with Crippen molar-refractivity contribution in [3.8, 4) is 0 Å². The lowest BCUT2D eigenvalue weighted by molar-refractivity contribution is -0.122. The van der Waals surface area contributed by atoms with Crippen LogP contribution in [-0.4, -0.2) is 30.2 Å². The second-order valence-corrected chi connectivity index (χ2v) is 5.49. The zero-order chi connectivity index (χ0) is 14.4. The van der Waals surface area contributed by atoms with E-state index in [1.807, 2.05) is 19.1 Å². The minimum Gasteiger partial charge on any atom is -0.352 e. The first-order valence-electron chi connectivity index (χ1n) is 6.75. The molecule has 0 unspecified atom stereocenters. The molecule has 1 aliphatic carbocycles. The number of rotatable bonds is 3. The minimum atomic E-state index is -0.608. The second kappa shape index (κ2) is 4.44. The number of hydrogen-bond acceptors (Lipinski definition) is 3. The van der Waals surface area contributed by atoms with E-state index in [2.05, 4.69) is 5.32 Å². The molecule has 2 amide bonds. The Bertz CT molecular complexity index is 632. The third-order valence-electron chi connectivity index (χ3n) is 3.77. The molecule has 0 radical (unpaired) electrons. The number of amides is 2. The summed E-state index contributed by atoms with van der Waals surface area (Å²) >= 11 is 0. The van der Waals surface area contributed by atoms with E-state index < -0.39 is 11.7 Å². The summed E-state index contributed by atoms with van der Waals surface area (Å²) in [4.78, 5) is 37.4. The van der Waals surface area contributed by atoms with Crippen LogP contribution in [0.1, 0.15) is 34.3 Å². The van der Waals surface area contributed by atoms with Crippen molar-refractivity contribution >= 4 is 23.3 Å². The maximum atomic E-state index is 12.1. The third-order valence-corrected chi connectivity index (χ3v) is 3.77. The Morgan fingerprint density at radius 3 is 2.55 bits per heavy atom. The number of Topliss-reactive ketones (excluding diaryl/α,β-unsaturated/α-hetero) is 1. The molecule has 5 heteroatoms. The van der Waals surface area contributed by atoms with Gasteiger partial charge in [0.15, 0.2) is 0 Å². The van der Waals surface area contributed by atoms with Gasteiger partial charge in [0.25, 0.3) is 11.7 Å². The van der Waals surface area contributed by atoms with E-state index in [1.54, 1.807) is 6.92 Å². The van der Waals surface area contributed by atoms with Crippen molar-refractivity contribution in [3.63, 3.8) is 0 Å². The molecule has 2 aliphatic rings. The third kappa shape index (κ3) is 1.99. The lowest BCUT2D eigenvalue weighted by Gasteiger charge is -2.18. The fraction of sp³-hybridized carbons (Fsp3) is 0.400. The number of anilines is 1. The molecule has 1 saturated carbocycles. The highest BCUT2D eigenvalue weighted by atomic mass is 16.2. The molecule has 1 aromatic rings. The van der Waals surface area contributed by atoms with Crippen molar-refractivity contribution in [2.24, 2.45) is 0 Å². The van der Waals surface area contributed by atoms with Crippen molar-refractivity contribution < 1.29 is 14.4 Å². The van der Waals surface area contributed by atoms with E-state index in [1.165, 1.54) is 4.90 Å². The Morgan fingerprint density at radius 1 is 1.25 bits per heavy atom. The monoisotopic (exact) mass is 272 g/mol. The van der Waals surface area contributed by atoms with Crippen molar-refractivity contribution in [3.05, 3.63) is 28.8 Å². The number of fused-ring (bicyclic) bond motifs is 1. The Hall–Kier alpha value is -2.17. The van der Waals surface area contributed by atoms with E-state index in [-0.39, 0.29) is 18.5 Å². The fourth-order valence-corrected chi connectivity index (χ4v) is 2.56. The molecule has 1 aromatic carbocycles. The molecule has 0 bridgehead atoms. The number of nitrogens with one attached hydrogen (secondary N) is 1. The smallest absolute Gasteiger partial charge is 0.299 e. The molecule has 1 heterocycles. The van der Waals surface area contributed by atoms with Gasteiger partial charge in [-0.1, -0.05) is 12.1 Å². The predicted octanol–water partition coefficient (Wildman–Crippen LogP) is 1.11. The number of aryl methyl sites for hydroxylation is 2. The van der Waals surface area contributed by atoms with Crippen molar-refractivity contribution in [1.29, 1.82) is 0 Å². The Kier molecular flexibility index (Phi) is 2.85. The molecule has 1 N–H and O–H groups in total. The van der Waals surface area contributed by atoms with Gasteiger partial charge in [-0.2, -0.15) is 0 Å².